The fourth-order valence-corrected chi connectivity index (χ4v) is 3.96. The Morgan fingerprint density at radius 3 is 2.62 bits per heavy atom. The van der Waals surface area contributed by atoms with E-state index < -0.39 is 0 Å². The molecule has 1 aromatic heterocycles. The van der Waals surface area contributed by atoms with Crippen LogP contribution in [0.15, 0.2) is 24.3 Å². The summed E-state index contributed by atoms with van der Waals surface area (Å²) in [6, 6.07) is 6.28. The molecule has 0 radical (unpaired) electrons. The van der Waals surface area contributed by atoms with Crippen LogP contribution in [0.5, 0.6) is 5.88 Å². The van der Waals surface area contributed by atoms with Gasteiger partial charge in [-0.1, -0.05) is 30.6 Å². The molecule has 1 saturated carbocycles. The Morgan fingerprint density at radius 1 is 1.12 bits per heavy atom. The van der Waals surface area contributed by atoms with Crippen molar-refractivity contribution in [2.75, 3.05) is 23.7 Å². The second kappa shape index (κ2) is 8.33. The van der Waals surface area contributed by atoms with E-state index in [-0.39, 0.29) is 11.7 Å². The predicted molar refractivity (Wildman–Crippen MR) is 97.4 cm³/mol. The molecule has 130 valence electrons. The van der Waals surface area contributed by atoms with E-state index in [1.54, 1.807) is 12.1 Å². The number of thiazole rings is 1. The van der Waals surface area contributed by atoms with E-state index in [2.05, 4.69) is 15.6 Å². The van der Waals surface area contributed by atoms with Gasteiger partial charge in [-0.05, 0) is 43.0 Å². The highest BCUT2D eigenvalue weighted by Gasteiger charge is 2.15. The van der Waals surface area contributed by atoms with Gasteiger partial charge in [0, 0.05) is 25.2 Å². The molecule has 0 aliphatic heterocycles. The molecule has 1 aliphatic carbocycles. The molecule has 24 heavy (non-hydrogen) atoms. The van der Waals surface area contributed by atoms with Crippen LogP contribution in [-0.2, 0) is 6.42 Å². The van der Waals surface area contributed by atoms with Crippen molar-refractivity contribution >= 4 is 22.2 Å². The van der Waals surface area contributed by atoms with Crippen LogP contribution in [0.1, 0.15) is 37.0 Å². The number of benzene rings is 1. The largest absolute Gasteiger partial charge is 0.492 e. The average Bonchev–Trinajstić information content (AvgIpc) is 2.96. The number of anilines is 2. The van der Waals surface area contributed by atoms with E-state index in [9.17, 15) is 9.50 Å². The summed E-state index contributed by atoms with van der Waals surface area (Å²) >= 11 is 1.51. The highest BCUT2D eigenvalue weighted by Crippen LogP contribution is 2.30. The summed E-state index contributed by atoms with van der Waals surface area (Å²) in [5, 5.41) is 17.4. The topological polar surface area (TPSA) is 57.2 Å². The third kappa shape index (κ3) is 4.84. The molecule has 0 unspecified atom stereocenters. The fourth-order valence-electron chi connectivity index (χ4n) is 3.09. The van der Waals surface area contributed by atoms with Crippen LogP contribution < -0.4 is 10.6 Å². The molecule has 1 aromatic carbocycles. The Bertz CT molecular complexity index is 638. The second-order valence-corrected chi connectivity index (χ2v) is 7.42. The van der Waals surface area contributed by atoms with Crippen LogP contribution in [0.4, 0.5) is 15.2 Å². The Balaban J connectivity index is 1.45. The zero-order chi connectivity index (χ0) is 16.8. The molecular formula is C18H24FN3OS. The minimum Gasteiger partial charge on any atom is -0.492 e. The maximum atomic E-state index is 12.9. The minimum absolute atomic E-state index is 0.118. The second-order valence-electron chi connectivity index (χ2n) is 6.33. The number of nitrogens with one attached hydrogen (secondary N) is 2. The molecule has 2 aromatic rings. The maximum absolute atomic E-state index is 12.9. The number of rotatable bonds is 7. The molecule has 0 amide bonds. The number of nitrogens with zero attached hydrogens (tertiary/aromatic N) is 1. The lowest BCUT2D eigenvalue weighted by molar-refractivity contribution is 0.373. The van der Waals surface area contributed by atoms with Crippen molar-refractivity contribution in [3.05, 3.63) is 35.0 Å². The Labute approximate surface area is 146 Å². The summed E-state index contributed by atoms with van der Waals surface area (Å²) in [6.07, 6.45) is 7.29. The average molecular weight is 349 g/mol. The van der Waals surface area contributed by atoms with E-state index in [1.165, 1.54) is 55.6 Å². The van der Waals surface area contributed by atoms with Gasteiger partial charge in [-0.25, -0.2) is 4.39 Å². The van der Waals surface area contributed by atoms with Crippen LogP contribution in [0.3, 0.4) is 0 Å². The Kier molecular flexibility index (Phi) is 5.91. The van der Waals surface area contributed by atoms with Gasteiger partial charge in [0.2, 0.25) is 5.88 Å². The lowest BCUT2D eigenvalue weighted by Crippen LogP contribution is -2.16. The standard InChI is InChI=1S/C18H24FN3OS/c19-14-6-8-15(9-7-14)20-11-10-16-17(23)22-18(24-16)21-12-13-4-2-1-3-5-13/h6-9,13,20,23H,1-5,10-12H2,(H,21,22). The first kappa shape index (κ1) is 17.0. The van der Waals surface area contributed by atoms with Gasteiger partial charge in [-0.15, -0.1) is 0 Å². The third-order valence-electron chi connectivity index (χ3n) is 4.47. The summed E-state index contributed by atoms with van der Waals surface area (Å²) in [4.78, 5) is 5.09. The van der Waals surface area contributed by atoms with E-state index in [0.29, 0.717) is 13.0 Å². The molecule has 3 N–H and O–H groups in total. The molecule has 0 saturated heterocycles. The smallest absolute Gasteiger partial charge is 0.227 e. The van der Waals surface area contributed by atoms with Crippen molar-refractivity contribution in [1.29, 1.82) is 0 Å². The number of aromatic nitrogens is 1. The highest BCUT2D eigenvalue weighted by molar-refractivity contribution is 7.15. The first-order valence-electron chi connectivity index (χ1n) is 8.62. The summed E-state index contributed by atoms with van der Waals surface area (Å²) in [5.41, 5.74) is 0.871. The normalized spacial score (nSPS) is 15.4. The highest BCUT2D eigenvalue weighted by atomic mass is 32.1. The zero-order valence-electron chi connectivity index (χ0n) is 13.7. The molecule has 0 bridgehead atoms. The third-order valence-corrected chi connectivity index (χ3v) is 5.53. The van der Waals surface area contributed by atoms with Crippen molar-refractivity contribution in [1.82, 2.24) is 4.98 Å². The van der Waals surface area contributed by atoms with Crippen molar-refractivity contribution in [3.63, 3.8) is 0 Å². The molecule has 1 heterocycles. The maximum Gasteiger partial charge on any atom is 0.227 e. The van der Waals surface area contributed by atoms with Gasteiger partial charge < -0.3 is 15.7 Å². The molecule has 0 atom stereocenters. The first-order chi connectivity index (χ1) is 11.7. The van der Waals surface area contributed by atoms with E-state index >= 15 is 0 Å². The molecule has 1 aliphatic rings. The molecule has 4 nitrogen and oxygen atoms in total. The Hall–Kier alpha value is -1.82. The van der Waals surface area contributed by atoms with Gasteiger partial charge >= 0.3 is 0 Å². The van der Waals surface area contributed by atoms with E-state index in [0.717, 1.165) is 28.2 Å². The lowest BCUT2D eigenvalue weighted by Gasteiger charge is -2.21. The van der Waals surface area contributed by atoms with Gasteiger partial charge in [0.25, 0.3) is 0 Å². The van der Waals surface area contributed by atoms with Gasteiger partial charge in [0.1, 0.15) is 5.82 Å². The Morgan fingerprint density at radius 2 is 1.88 bits per heavy atom. The summed E-state index contributed by atoms with van der Waals surface area (Å²) < 4.78 is 12.9. The van der Waals surface area contributed by atoms with Crippen LogP contribution in [0.25, 0.3) is 0 Å². The first-order valence-corrected chi connectivity index (χ1v) is 9.44. The van der Waals surface area contributed by atoms with Crippen LogP contribution in [0, 0.1) is 11.7 Å². The van der Waals surface area contributed by atoms with Gasteiger partial charge in [0.15, 0.2) is 5.13 Å². The van der Waals surface area contributed by atoms with Crippen molar-refractivity contribution in [2.24, 2.45) is 5.92 Å². The molecule has 6 heteroatoms. The van der Waals surface area contributed by atoms with E-state index in [4.69, 9.17) is 0 Å². The predicted octanol–water partition coefficient (Wildman–Crippen LogP) is 4.63. The van der Waals surface area contributed by atoms with Crippen molar-refractivity contribution in [3.8, 4) is 5.88 Å². The number of aromatic hydroxyl groups is 1. The SMILES string of the molecule is Oc1nc(NCC2CCCCC2)sc1CCNc1ccc(F)cc1. The van der Waals surface area contributed by atoms with Crippen LogP contribution >= 0.6 is 11.3 Å². The number of hydrogen-bond acceptors (Lipinski definition) is 5. The number of halogens is 1. The number of hydrogen-bond donors (Lipinski definition) is 3. The minimum atomic E-state index is -0.241. The molecule has 3 rings (SSSR count). The molecule has 1 fully saturated rings. The van der Waals surface area contributed by atoms with Crippen LogP contribution in [-0.4, -0.2) is 23.2 Å². The van der Waals surface area contributed by atoms with Crippen LogP contribution in [0.2, 0.25) is 0 Å². The summed E-state index contributed by atoms with van der Waals surface area (Å²) in [7, 11) is 0. The fraction of sp³-hybridized carbons (Fsp3) is 0.500. The van der Waals surface area contributed by atoms with Crippen molar-refractivity contribution < 1.29 is 9.50 Å². The molecular weight excluding hydrogens is 325 g/mol. The quantitative estimate of drug-likeness (QED) is 0.682. The van der Waals surface area contributed by atoms with E-state index in [1.807, 2.05) is 0 Å². The summed E-state index contributed by atoms with van der Waals surface area (Å²) in [6.45, 7) is 1.61. The zero-order valence-corrected chi connectivity index (χ0v) is 14.5. The monoisotopic (exact) mass is 349 g/mol. The van der Waals surface area contributed by atoms with Gasteiger partial charge in [0.05, 0.1) is 4.88 Å². The van der Waals surface area contributed by atoms with Gasteiger partial charge in [-0.2, -0.15) is 4.98 Å². The lowest BCUT2D eigenvalue weighted by atomic mass is 9.89. The van der Waals surface area contributed by atoms with Gasteiger partial charge in [-0.3, -0.25) is 0 Å². The molecule has 0 spiro atoms. The van der Waals surface area contributed by atoms with Crippen molar-refractivity contribution in [2.45, 2.75) is 38.5 Å². The summed E-state index contributed by atoms with van der Waals surface area (Å²) in [5.74, 6) is 0.606.